The van der Waals surface area contributed by atoms with E-state index in [1.165, 1.54) is 29.8 Å². The number of carbonyl (C=O) groups excluding carboxylic acids is 1. The Morgan fingerprint density at radius 2 is 1.77 bits per heavy atom. The largest absolute Gasteiger partial charge is 0.497 e. The van der Waals surface area contributed by atoms with Gasteiger partial charge in [0.1, 0.15) is 11.5 Å². The molecule has 1 unspecified atom stereocenters. The number of sulfonamides is 1. The molecule has 2 aromatic carbocycles. The maximum Gasteiger partial charge on any atom is 0.243 e. The predicted octanol–water partition coefficient (Wildman–Crippen LogP) is 3.75. The third-order valence-electron chi connectivity index (χ3n) is 4.98. The molecule has 0 aliphatic heterocycles. The molecule has 0 spiro atoms. The Hall–Kier alpha value is -3.10. The highest BCUT2D eigenvalue weighted by Gasteiger charge is 2.30. The van der Waals surface area contributed by atoms with Crippen molar-refractivity contribution in [3.8, 4) is 5.75 Å². The van der Waals surface area contributed by atoms with Crippen LogP contribution in [0.4, 0.5) is 0 Å². The molecule has 1 heterocycles. The highest BCUT2D eigenvalue weighted by molar-refractivity contribution is 7.89. The molecule has 3 rings (SSSR count). The van der Waals surface area contributed by atoms with Gasteiger partial charge in [-0.15, -0.1) is 0 Å². The van der Waals surface area contributed by atoms with Crippen molar-refractivity contribution in [2.45, 2.75) is 30.8 Å². The predicted molar refractivity (Wildman–Crippen MR) is 117 cm³/mol. The summed E-state index contributed by atoms with van der Waals surface area (Å²) in [6.07, 6.45) is 1.56. The lowest BCUT2D eigenvalue weighted by Gasteiger charge is -2.28. The number of benzene rings is 2. The van der Waals surface area contributed by atoms with Crippen LogP contribution in [-0.2, 0) is 21.4 Å². The Kier molecular flexibility index (Phi) is 7.49. The van der Waals surface area contributed by atoms with Crippen LogP contribution in [0.3, 0.4) is 0 Å². The molecule has 164 valence electrons. The van der Waals surface area contributed by atoms with Crippen LogP contribution in [0.15, 0.2) is 82.3 Å². The van der Waals surface area contributed by atoms with Crippen LogP contribution in [0.25, 0.3) is 0 Å². The lowest BCUT2D eigenvalue weighted by Crippen LogP contribution is -2.37. The van der Waals surface area contributed by atoms with E-state index in [1.54, 1.807) is 24.3 Å². The number of hydrogen-bond donors (Lipinski definition) is 1. The SMILES string of the molecule is COc1ccc(S(=O)(=O)N(CCC(=O)NCc2ccco2)C(C)c2ccccc2)cc1. The minimum absolute atomic E-state index is 0.0211. The van der Waals surface area contributed by atoms with Gasteiger partial charge in [-0.1, -0.05) is 30.3 Å². The number of rotatable bonds is 10. The molecule has 0 saturated heterocycles. The van der Waals surface area contributed by atoms with E-state index in [4.69, 9.17) is 9.15 Å². The van der Waals surface area contributed by atoms with Crippen molar-refractivity contribution in [2.75, 3.05) is 13.7 Å². The zero-order chi connectivity index (χ0) is 22.3. The highest BCUT2D eigenvalue weighted by Crippen LogP contribution is 2.28. The topological polar surface area (TPSA) is 88.9 Å². The average molecular weight is 443 g/mol. The number of carbonyl (C=O) groups is 1. The summed E-state index contributed by atoms with van der Waals surface area (Å²) < 4.78 is 38.6. The van der Waals surface area contributed by atoms with Crippen LogP contribution in [0.1, 0.15) is 30.7 Å². The second-order valence-corrected chi connectivity index (χ2v) is 8.87. The lowest BCUT2D eigenvalue weighted by atomic mass is 10.1. The number of hydrogen-bond acceptors (Lipinski definition) is 5. The number of methoxy groups -OCH3 is 1. The third-order valence-corrected chi connectivity index (χ3v) is 6.96. The summed E-state index contributed by atoms with van der Waals surface area (Å²) in [4.78, 5) is 12.5. The van der Waals surface area contributed by atoms with Crippen molar-refractivity contribution < 1.29 is 22.4 Å². The van der Waals surface area contributed by atoms with E-state index in [9.17, 15) is 13.2 Å². The van der Waals surface area contributed by atoms with Gasteiger partial charge >= 0.3 is 0 Å². The second kappa shape index (κ2) is 10.3. The van der Waals surface area contributed by atoms with Crippen LogP contribution in [0.2, 0.25) is 0 Å². The molecule has 3 aromatic rings. The van der Waals surface area contributed by atoms with E-state index in [-0.39, 0.29) is 30.3 Å². The number of ether oxygens (including phenoxy) is 1. The Labute approximate surface area is 182 Å². The first-order chi connectivity index (χ1) is 14.9. The summed E-state index contributed by atoms with van der Waals surface area (Å²) >= 11 is 0. The molecule has 1 atom stereocenters. The van der Waals surface area contributed by atoms with E-state index in [0.717, 1.165) is 5.56 Å². The quantitative estimate of drug-likeness (QED) is 0.517. The Morgan fingerprint density at radius 1 is 1.06 bits per heavy atom. The van der Waals surface area contributed by atoms with Gasteiger partial charge in [0, 0.05) is 19.0 Å². The van der Waals surface area contributed by atoms with E-state index in [0.29, 0.717) is 11.5 Å². The van der Waals surface area contributed by atoms with Crippen molar-refractivity contribution in [2.24, 2.45) is 0 Å². The molecule has 0 fully saturated rings. The average Bonchev–Trinajstić information content (AvgIpc) is 3.32. The van der Waals surface area contributed by atoms with Crippen molar-refractivity contribution in [3.63, 3.8) is 0 Å². The summed E-state index contributed by atoms with van der Waals surface area (Å²) in [5.74, 6) is 0.944. The first-order valence-electron chi connectivity index (χ1n) is 9.91. The van der Waals surface area contributed by atoms with Gasteiger partial charge < -0.3 is 14.5 Å². The van der Waals surface area contributed by atoms with Gasteiger partial charge in [0.05, 0.1) is 24.8 Å². The minimum Gasteiger partial charge on any atom is -0.497 e. The maximum absolute atomic E-state index is 13.4. The number of nitrogens with zero attached hydrogens (tertiary/aromatic N) is 1. The molecule has 8 heteroatoms. The van der Waals surface area contributed by atoms with Crippen molar-refractivity contribution in [1.82, 2.24) is 9.62 Å². The smallest absolute Gasteiger partial charge is 0.243 e. The normalized spacial score (nSPS) is 12.5. The Morgan fingerprint density at radius 3 is 2.39 bits per heavy atom. The summed E-state index contributed by atoms with van der Waals surface area (Å²) in [6.45, 7) is 2.11. The van der Waals surface area contributed by atoms with Gasteiger partial charge in [-0.25, -0.2) is 8.42 Å². The van der Waals surface area contributed by atoms with E-state index in [1.807, 2.05) is 37.3 Å². The van der Waals surface area contributed by atoms with Crippen molar-refractivity contribution in [3.05, 3.63) is 84.3 Å². The van der Waals surface area contributed by atoms with Crippen molar-refractivity contribution >= 4 is 15.9 Å². The first kappa shape index (κ1) is 22.6. The maximum atomic E-state index is 13.4. The number of furan rings is 1. The molecule has 1 aromatic heterocycles. The fraction of sp³-hybridized carbons (Fsp3) is 0.261. The van der Waals surface area contributed by atoms with Crippen LogP contribution in [0.5, 0.6) is 5.75 Å². The highest BCUT2D eigenvalue weighted by atomic mass is 32.2. The summed E-state index contributed by atoms with van der Waals surface area (Å²) in [5, 5.41) is 2.75. The molecule has 31 heavy (non-hydrogen) atoms. The minimum atomic E-state index is -3.85. The zero-order valence-corrected chi connectivity index (χ0v) is 18.3. The van der Waals surface area contributed by atoms with E-state index >= 15 is 0 Å². The van der Waals surface area contributed by atoms with Gasteiger partial charge in [-0.3, -0.25) is 4.79 Å². The van der Waals surface area contributed by atoms with Crippen LogP contribution < -0.4 is 10.1 Å². The van der Waals surface area contributed by atoms with E-state index in [2.05, 4.69) is 5.32 Å². The van der Waals surface area contributed by atoms with Gasteiger partial charge in [-0.2, -0.15) is 4.31 Å². The molecule has 1 amide bonds. The molecule has 0 aliphatic rings. The van der Waals surface area contributed by atoms with Gasteiger partial charge in [0.25, 0.3) is 0 Å². The zero-order valence-electron chi connectivity index (χ0n) is 17.5. The van der Waals surface area contributed by atoms with Gasteiger partial charge in [0.2, 0.25) is 15.9 Å². The monoisotopic (exact) mass is 442 g/mol. The van der Waals surface area contributed by atoms with Crippen LogP contribution in [-0.4, -0.2) is 32.3 Å². The third kappa shape index (κ3) is 5.74. The Bertz CT molecular complexity index is 1060. The molecular weight excluding hydrogens is 416 g/mol. The molecule has 0 bridgehead atoms. The van der Waals surface area contributed by atoms with Crippen molar-refractivity contribution in [1.29, 1.82) is 0 Å². The lowest BCUT2D eigenvalue weighted by molar-refractivity contribution is -0.121. The van der Waals surface area contributed by atoms with Gasteiger partial charge in [-0.05, 0) is 48.9 Å². The van der Waals surface area contributed by atoms with Crippen LogP contribution >= 0.6 is 0 Å². The molecule has 1 N–H and O–H groups in total. The number of nitrogens with one attached hydrogen (secondary N) is 1. The Balaban J connectivity index is 1.79. The fourth-order valence-corrected chi connectivity index (χ4v) is 4.82. The molecule has 0 radical (unpaired) electrons. The molecule has 0 saturated carbocycles. The standard InChI is InChI=1S/C23H26N2O5S/c1-18(19-7-4-3-5-8-19)25(15-14-23(26)24-17-21-9-6-16-30-21)31(27,28)22-12-10-20(29-2)11-13-22/h3-13,16,18H,14-15,17H2,1-2H3,(H,24,26). The van der Waals surface area contributed by atoms with Gasteiger partial charge in [0.15, 0.2) is 0 Å². The first-order valence-corrected chi connectivity index (χ1v) is 11.4. The fourth-order valence-electron chi connectivity index (χ4n) is 3.20. The molecule has 0 aliphatic carbocycles. The van der Waals surface area contributed by atoms with Crippen LogP contribution in [0, 0.1) is 0 Å². The summed E-state index contributed by atoms with van der Waals surface area (Å²) in [5.41, 5.74) is 0.843. The summed E-state index contributed by atoms with van der Waals surface area (Å²) in [6, 6.07) is 18.6. The molecule has 7 nitrogen and oxygen atoms in total. The summed E-state index contributed by atoms with van der Waals surface area (Å²) in [7, 11) is -2.33. The van der Waals surface area contributed by atoms with E-state index < -0.39 is 16.1 Å². The second-order valence-electron chi connectivity index (χ2n) is 6.98. The molecular formula is C23H26N2O5S. The number of amides is 1.